The number of rotatable bonds is 5. The number of benzene rings is 1. The van der Waals surface area contributed by atoms with Crippen molar-refractivity contribution in [3.05, 3.63) is 29.6 Å². The first-order valence-corrected chi connectivity index (χ1v) is 5.45. The fraction of sp³-hybridized carbons (Fsp3) is 0.333. The Kier molecular flexibility index (Phi) is 4.65. The maximum Gasteiger partial charge on any atom is 0.303 e. The SMILES string of the molecule is CC(CNC(=O)c1cc(F)ccc1N)CC(=O)O. The van der Waals surface area contributed by atoms with E-state index in [1.54, 1.807) is 6.92 Å². The molecular formula is C12H15FN2O3. The standard InChI is InChI=1S/C12H15FN2O3/c1-7(4-11(16)17)6-15-12(18)9-5-8(13)2-3-10(9)14/h2-3,5,7H,4,6,14H2,1H3,(H,15,18)(H,16,17). The third-order valence-electron chi connectivity index (χ3n) is 2.39. The quantitative estimate of drug-likeness (QED) is 0.689. The summed E-state index contributed by atoms with van der Waals surface area (Å²) >= 11 is 0. The minimum absolute atomic E-state index is 0.0427. The molecule has 0 saturated carbocycles. The molecule has 0 saturated heterocycles. The topological polar surface area (TPSA) is 92.4 Å². The van der Waals surface area contributed by atoms with Gasteiger partial charge in [-0.25, -0.2) is 4.39 Å². The van der Waals surface area contributed by atoms with Crippen LogP contribution in [0.15, 0.2) is 18.2 Å². The lowest BCUT2D eigenvalue weighted by Gasteiger charge is -2.11. The van der Waals surface area contributed by atoms with Gasteiger partial charge in [-0.1, -0.05) is 6.92 Å². The summed E-state index contributed by atoms with van der Waals surface area (Å²) in [4.78, 5) is 22.1. The predicted octanol–water partition coefficient (Wildman–Crippen LogP) is 1.25. The van der Waals surface area contributed by atoms with Gasteiger partial charge in [-0.15, -0.1) is 0 Å². The van der Waals surface area contributed by atoms with E-state index in [4.69, 9.17) is 10.8 Å². The molecule has 0 radical (unpaired) electrons. The molecule has 98 valence electrons. The van der Waals surface area contributed by atoms with Crippen molar-refractivity contribution < 1.29 is 19.1 Å². The summed E-state index contributed by atoms with van der Waals surface area (Å²) in [6.45, 7) is 1.89. The molecule has 0 aliphatic heterocycles. The highest BCUT2D eigenvalue weighted by atomic mass is 19.1. The molecule has 0 heterocycles. The highest BCUT2D eigenvalue weighted by Crippen LogP contribution is 2.13. The third kappa shape index (κ3) is 4.04. The summed E-state index contributed by atoms with van der Waals surface area (Å²) in [6.07, 6.45) is -0.0427. The van der Waals surface area contributed by atoms with Crippen LogP contribution in [-0.4, -0.2) is 23.5 Å². The number of carbonyl (C=O) groups is 2. The van der Waals surface area contributed by atoms with Crippen molar-refractivity contribution >= 4 is 17.6 Å². The number of anilines is 1. The maximum atomic E-state index is 13.0. The lowest BCUT2D eigenvalue weighted by Crippen LogP contribution is -2.29. The van der Waals surface area contributed by atoms with Gasteiger partial charge >= 0.3 is 5.97 Å². The zero-order valence-corrected chi connectivity index (χ0v) is 9.94. The van der Waals surface area contributed by atoms with E-state index in [0.29, 0.717) is 0 Å². The van der Waals surface area contributed by atoms with Crippen LogP contribution in [-0.2, 0) is 4.79 Å². The normalized spacial score (nSPS) is 11.9. The lowest BCUT2D eigenvalue weighted by molar-refractivity contribution is -0.137. The molecule has 18 heavy (non-hydrogen) atoms. The van der Waals surface area contributed by atoms with Gasteiger partial charge in [-0.3, -0.25) is 9.59 Å². The van der Waals surface area contributed by atoms with Crippen LogP contribution >= 0.6 is 0 Å². The minimum Gasteiger partial charge on any atom is -0.481 e. The van der Waals surface area contributed by atoms with E-state index in [1.165, 1.54) is 12.1 Å². The summed E-state index contributed by atoms with van der Waals surface area (Å²) in [7, 11) is 0. The summed E-state index contributed by atoms with van der Waals surface area (Å²) < 4.78 is 13.0. The van der Waals surface area contributed by atoms with E-state index in [9.17, 15) is 14.0 Å². The van der Waals surface area contributed by atoms with Gasteiger partial charge in [0.15, 0.2) is 0 Å². The lowest BCUT2D eigenvalue weighted by atomic mass is 10.1. The molecular weight excluding hydrogens is 239 g/mol. The fourth-order valence-corrected chi connectivity index (χ4v) is 1.46. The van der Waals surface area contributed by atoms with Crippen molar-refractivity contribution in [2.24, 2.45) is 5.92 Å². The van der Waals surface area contributed by atoms with Crippen LogP contribution in [0.2, 0.25) is 0 Å². The fourth-order valence-electron chi connectivity index (χ4n) is 1.46. The van der Waals surface area contributed by atoms with E-state index in [-0.39, 0.29) is 30.1 Å². The van der Waals surface area contributed by atoms with Crippen LogP contribution in [0.1, 0.15) is 23.7 Å². The average Bonchev–Trinajstić information content (AvgIpc) is 2.28. The number of halogens is 1. The molecule has 0 spiro atoms. The molecule has 1 unspecified atom stereocenters. The molecule has 1 aromatic carbocycles. The van der Waals surface area contributed by atoms with Crippen LogP contribution < -0.4 is 11.1 Å². The molecule has 5 nitrogen and oxygen atoms in total. The second-order valence-electron chi connectivity index (χ2n) is 4.14. The van der Waals surface area contributed by atoms with Crippen molar-refractivity contribution in [3.8, 4) is 0 Å². The zero-order chi connectivity index (χ0) is 13.7. The molecule has 1 atom stereocenters. The average molecular weight is 254 g/mol. The Morgan fingerprint density at radius 2 is 2.17 bits per heavy atom. The number of hydrogen-bond acceptors (Lipinski definition) is 3. The Bertz CT molecular complexity index is 463. The van der Waals surface area contributed by atoms with Crippen molar-refractivity contribution in [2.75, 3.05) is 12.3 Å². The van der Waals surface area contributed by atoms with E-state index in [1.807, 2.05) is 0 Å². The number of hydrogen-bond donors (Lipinski definition) is 3. The minimum atomic E-state index is -0.929. The molecule has 1 rings (SSSR count). The largest absolute Gasteiger partial charge is 0.481 e. The molecule has 0 fully saturated rings. The van der Waals surface area contributed by atoms with Gasteiger partial charge in [-0.05, 0) is 24.1 Å². The van der Waals surface area contributed by atoms with Gasteiger partial charge in [0.25, 0.3) is 5.91 Å². The van der Waals surface area contributed by atoms with Crippen LogP contribution in [0.25, 0.3) is 0 Å². The van der Waals surface area contributed by atoms with Gasteiger partial charge in [0.2, 0.25) is 0 Å². The Morgan fingerprint density at radius 1 is 1.50 bits per heavy atom. The van der Waals surface area contributed by atoms with Gasteiger partial charge in [0.1, 0.15) is 5.82 Å². The number of carboxylic acids is 1. The first kappa shape index (κ1) is 14.0. The molecule has 0 bridgehead atoms. The van der Waals surface area contributed by atoms with Gasteiger partial charge in [-0.2, -0.15) is 0 Å². The van der Waals surface area contributed by atoms with Gasteiger partial charge in [0.05, 0.1) is 5.56 Å². The Hall–Kier alpha value is -2.11. The summed E-state index contributed by atoms with van der Waals surface area (Å²) in [5.41, 5.74) is 5.79. The summed E-state index contributed by atoms with van der Waals surface area (Å²) in [5.74, 6) is -2.19. The number of amides is 1. The Labute approximate surface area is 104 Å². The van der Waals surface area contributed by atoms with Crippen molar-refractivity contribution in [3.63, 3.8) is 0 Å². The van der Waals surface area contributed by atoms with E-state index >= 15 is 0 Å². The van der Waals surface area contributed by atoms with Crippen LogP contribution in [0.4, 0.5) is 10.1 Å². The molecule has 0 aliphatic rings. The molecule has 0 aliphatic carbocycles. The smallest absolute Gasteiger partial charge is 0.303 e. The van der Waals surface area contributed by atoms with Crippen molar-refractivity contribution in [1.82, 2.24) is 5.32 Å². The van der Waals surface area contributed by atoms with Crippen LogP contribution in [0, 0.1) is 11.7 Å². The van der Waals surface area contributed by atoms with Crippen molar-refractivity contribution in [2.45, 2.75) is 13.3 Å². The number of carboxylic acid groups (broad SMARTS) is 1. The first-order chi connectivity index (χ1) is 8.40. The van der Waals surface area contributed by atoms with Crippen molar-refractivity contribution in [1.29, 1.82) is 0 Å². The monoisotopic (exact) mass is 254 g/mol. The molecule has 1 aromatic rings. The van der Waals surface area contributed by atoms with E-state index < -0.39 is 17.7 Å². The Morgan fingerprint density at radius 3 is 2.78 bits per heavy atom. The molecule has 1 amide bonds. The number of nitrogens with one attached hydrogen (secondary N) is 1. The van der Waals surface area contributed by atoms with Crippen LogP contribution in [0.5, 0.6) is 0 Å². The molecule has 4 N–H and O–H groups in total. The number of nitrogen functional groups attached to an aromatic ring is 1. The third-order valence-corrected chi connectivity index (χ3v) is 2.39. The van der Waals surface area contributed by atoms with Crippen LogP contribution in [0.3, 0.4) is 0 Å². The highest BCUT2D eigenvalue weighted by molar-refractivity contribution is 5.99. The van der Waals surface area contributed by atoms with E-state index in [2.05, 4.69) is 5.32 Å². The molecule has 0 aromatic heterocycles. The summed E-state index contributed by atoms with van der Waals surface area (Å²) in [5, 5.41) is 11.1. The maximum absolute atomic E-state index is 13.0. The zero-order valence-electron chi connectivity index (χ0n) is 9.94. The highest BCUT2D eigenvalue weighted by Gasteiger charge is 2.13. The second-order valence-corrected chi connectivity index (χ2v) is 4.14. The number of carbonyl (C=O) groups excluding carboxylic acids is 1. The number of nitrogens with two attached hydrogens (primary N) is 1. The first-order valence-electron chi connectivity index (χ1n) is 5.45. The predicted molar refractivity (Wildman–Crippen MR) is 64.6 cm³/mol. The second kappa shape index (κ2) is 6.00. The van der Waals surface area contributed by atoms with Gasteiger partial charge in [0, 0.05) is 18.7 Å². The molecule has 6 heteroatoms. The number of aliphatic carboxylic acids is 1. The summed E-state index contributed by atoms with van der Waals surface area (Å²) in [6, 6.07) is 3.52. The Balaban J connectivity index is 2.60. The van der Waals surface area contributed by atoms with Gasteiger partial charge < -0.3 is 16.2 Å². The van der Waals surface area contributed by atoms with E-state index in [0.717, 1.165) is 6.07 Å².